The molecule has 0 atom stereocenters. The van der Waals surface area contributed by atoms with Crippen LogP contribution in [0.2, 0.25) is 0 Å². The van der Waals surface area contributed by atoms with E-state index in [0.717, 1.165) is 61.6 Å². The van der Waals surface area contributed by atoms with Gasteiger partial charge in [0.05, 0.1) is 13.2 Å². The number of fused-ring (bicyclic) bond motifs is 1. The summed E-state index contributed by atoms with van der Waals surface area (Å²) in [5, 5.41) is 1.05. The third-order valence-corrected chi connectivity index (χ3v) is 4.55. The summed E-state index contributed by atoms with van der Waals surface area (Å²) < 4.78 is 7.60. The molecule has 1 fully saturated rings. The molecule has 1 aliphatic rings. The van der Waals surface area contributed by atoms with Gasteiger partial charge < -0.3 is 9.30 Å². The van der Waals surface area contributed by atoms with Crippen molar-refractivity contribution >= 4 is 11.0 Å². The third-order valence-electron chi connectivity index (χ3n) is 4.55. The van der Waals surface area contributed by atoms with Crippen molar-refractivity contribution in [2.24, 2.45) is 0 Å². The molecule has 2 aromatic heterocycles. The van der Waals surface area contributed by atoms with Gasteiger partial charge in [-0.1, -0.05) is 18.1 Å². The van der Waals surface area contributed by atoms with E-state index in [1.165, 1.54) is 0 Å². The van der Waals surface area contributed by atoms with Gasteiger partial charge in [-0.2, -0.15) is 0 Å². The summed E-state index contributed by atoms with van der Waals surface area (Å²) in [7, 11) is 0. The Morgan fingerprint density at radius 1 is 1.16 bits per heavy atom. The standard InChI is InChI=1S/C20H20N4O/c1-2-16-4-3-5-17(14-16)19-21-15-18-6-7-24(20(18)22-19)9-8-23-10-12-25-13-11-23/h1,3-7,14-15H,8-13H2. The van der Waals surface area contributed by atoms with Crippen LogP contribution in [0.5, 0.6) is 0 Å². The first-order valence-electron chi connectivity index (χ1n) is 8.52. The Hall–Kier alpha value is -2.68. The SMILES string of the molecule is C#Cc1cccc(-c2ncc3ccn(CCN4CCOCC4)c3n2)c1. The fourth-order valence-electron chi connectivity index (χ4n) is 3.11. The van der Waals surface area contributed by atoms with E-state index in [-0.39, 0.29) is 0 Å². The lowest BCUT2D eigenvalue weighted by Gasteiger charge is -2.26. The largest absolute Gasteiger partial charge is 0.379 e. The van der Waals surface area contributed by atoms with Crippen LogP contribution in [0.3, 0.4) is 0 Å². The number of aromatic nitrogens is 3. The lowest BCUT2D eigenvalue weighted by molar-refractivity contribution is 0.0365. The lowest BCUT2D eigenvalue weighted by Crippen LogP contribution is -2.38. The van der Waals surface area contributed by atoms with Crippen molar-refractivity contribution < 1.29 is 4.74 Å². The Kier molecular flexibility index (Phi) is 4.47. The van der Waals surface area contributed by atoms with E-state index < -0.39 is 0 Å². The smallest absolute Gasteiger partial charge is 0.161 e. The lowest BCUT2D eigenvalue weighted by atomic mass is 10.1. The number of rotatable bonds is 4. The maximum absolute atomic E-state index is 5.50. The molecule has 0 bridgehead atoms. The highest BCUT2D eigenvalue weighted by atomic mass is 16.5. The maximum atomic E-state index is 5.50. The van der Waals surface area contributed by atoms with Crippen LogP contribution < -0.4 is 0 Å². The zero-order valence-corrected chi connectivity index (χ0v) is 14.1. The van der Waals surface area contributed by atoms with Gasteiger partial charge in [-0.05, 0) is 18.2 Å². The summed E-state index contributed by atoms with van der Waals surface area (Å²) in [6.07, 6.45) is 9.46. The van der Waals surface area contributed by atoms with Crippen LogP contribution in [0.25, 0.3) is 22.4 Å². The molecule has 5 heteroatoms. The summed E-state index contributed by atoms with van der Waals surface area (Å²) in [6, 6.07) is 9.85. The minimum Gasteiger partial charge on any atom is -0.379 e. The molecule has 4 rings (SSSR count). The fraction of sp³-hybridized carbons (Fsp3) is 0.300. The van der Waals surface area contributed by atoms with E-state index in [2.05, 4.69) is 32.6 Å². The highest BCUT2D eigenvalue weighted by Gasteiger charge is 2.12. The normalized spacial score (nSPS) is 15.3. The Labute approximate surface area is 147 Å². The number of benzene rings is 1. The van der Waals surface area contributed by atoms with Crippen molar-refractivity contribution in [2.45, 2.75) is 6.54 Å². The number of morpholine rings is 1. The third kappa shape index (κ3) is 3.41. The Bertz CT molecular complexity index is 919. The van der Waals surface area contributed by atoms with E-state index in [4.69, 9.17) is 16.1 Å². The van der Waals surface area contributed by atoms with Crippen LogP contribution in [-0.2, 0) is 11.3 Å². The van der Waals surface area contributed by atoms with Gasteiger partial charge in [0.25, 0.3) is 0 Å². The number of ether oxygens (including phenoxy) is 1. The van der Waals surface area contributed by atoms with E-state index in [0.29, 0.717) is 5.82 Å². The van der Waals surface area contributed by atoms with Gasteiger partial charge in [0.2, 0.25) is 0 Å². The topological polar surface area (TPSA) is 43.2 Å². The van der Waals surface area contributed by atoms with E-state index in [1.807, 2.05) is 30.5 Å². The molecule has 1 saturated heterocycles. The summed E-state index contributed by atoms with van der Waals surface area (Å²) in [5.74, 6) is 3.37. The van der Waals surface area contributed by atoms with Crippen molar-refractivity contribution in [3.63, 3.8) is 0 Å². The van der Waals surface area contributed by atoms with Crippen LogP contribution in [0, 0.1) is 12.3 Å². The molecule has 0 aliphatic carbocycles. The van der Waals surface area contributed by atoms with E-state index in [9.17, 15) is 0 Å². The van der Waals surface area contributed by atoms with Crippen LogP contribution >= 0.6 is 0 Å². The van der Waals surface area contributed by atoms with Crippen LogP contribution in [0.15, 0.2) is 42.7 Å². The summed E-state index contributed by atoms with van der Waals surface area (Å²) in [4.78, 5) is 11.7. The molecule has 1 aromatic carbocycles. The van der Waals surface area contributed by atoms with Crippen molar-refractivity contribution in [3.05, 3.63) is 48.3 Å². The molecular formula is C20H20N4O. The van der Waals surface area contributed by atoms with Crippen molar-refractivity contribution in [3.8, 4) is 23.7 Å². The number of terminal acetylenes is 1. The molecule has 25 heavy (non-hydrogen) atoms. The second-order valence-electron chi connectivity index (χ2n) is 6.16. The maximum Gasteiger partial charge on any atom is 0.161 e. The molecule has 5 nitrogen and oxygen atoms in total. The van der Waals surface area contributed by atoms with Crippen LogP contribution in [0.4, 0.5) is 0 Å². The molecular weight excluding hydrogens is 312 g/mol. The predicted octanol–water partition coefficient (Wildman–Crippen LogP) is 2.41. The van der Waals surface area contributed by atoms with Crippen molar-refractivity contribution in [1.82, 2.24) is 19.4 Å². The number of nitrogens with zero attached hydrogens (tertiary/aromatic N) is 4. The van der Waals surface area contributed by atoms with Gasteiger partial charge in [0.1, 0.15) is 5.65 Å². The Balaban J connectivity index is 1.59. The van der Waals surface area contributed by atoms with Gasteiger partial charge in [-0.15, -0.1) is 6.42 Å². The monoisotopic (exact) mass is 332 g/mol. The van der Waals surface area contributed by atoms with Gasteiger partial charge >= 0.3 is 0 Å². The van der Waals surface area contributed by atoms with Crippen molar-refractivity contribution in [2.75, 3.05) is 32.8 Å². The molecule has 0 spiro atoms. The van der Waals surface area contributed by atoms with Gasteiger partial charge in [0.15, 0.2) is 5.82 Å². The van der Waals surface area contributed by atoms with Crippen LogP contribution in [0.1, 0.15) is 5.56 Å². The molecule has 0 N–H and O–H groups in total. The Morgan fingerprint density at radius 2 is 2.04 bits per heavy atom. The van der Waals surface area contributed by atoms with Gasteiger partial charge in [-0.25, -0.2) is 9.97 Å². The molecule has 126 valence electrons. The summed E-state index contributed by atoms with van der Waals surface area (Å²) in [6.45, 7) is 5.55. The minimum atomic E-state index is 0.705. The summed E-state index contributed by atoms with van der Waals surface area (Å²) in [5.41, 5.74) is 2.74. The van der Waals surface area contributed by atoms with Gasteiger partial charge in [-0.3, -0.25) is 4.90 Å². The number of hydrogen-bond donors (Lipinski definition) is 0. The zero-order chi connectivity index (χ0) is 17.1. The zero-order valence-electron chi connectivity index (χ0n) is 14.1. The summed E-state index contributed by atoms with van der Waals surface area (Å²) >= 11 is 0. The van der Waals surface area contributed by atoms with E-state index in [1.54, 1.807) is 0 Å². The molecule has 3 aromatic rings. The minimum absolute atomic E-state index is 0.705. The molecule has 1 aliphatic heterocycles. The molecule has 3 heterocycles. The second kappa shape index (κ2) is 7.06. The second-order valence-corrected chi connectivity index (χ2v) is 6.16. The average Bonchev–Trinajstić information content (AvgIpc) is 3.09. The molecule has 0 unspecified atom stereocenters. The molecule has 0 saturated carbocycles. The number of hydrogen-bond acceptors (Lipinski definition) is 4. The first-order chi connectivity index (χ1) is 12.3. The van der Waals surface area contributed by atoms with Gasteiger partial charge in [0, 0.05) is 55.1 Å². The van der Waals surface area contributed by atoms with E-state index >= 15 is 0 Å². The highest BCUT2D eigenvalue weighted by Crippen LogP contribution is 2.20. The molecule has 0 radical (unpaired) electrons. The average molecular weight is 332 g/mol. The molecule has 0 amide bonds. The Morgan fingerprint density at radius 3 is 2.88 bits per heavy atom. The first-order valence-corrected chi connectivity index (χ1v) is 8.52. The van der Waals surface area contributed by atoms with Crippen LogP contribution in [-0.4, -0.2) is 52.3 Å². The van der Waals surface area contributed by atoms with Crippen molar-refractivity contribution in [1.29, 1.82) is 0 Å². The fourth-order valence-corrected chi connectivity index (χ4v) is 3.11. The first kappa shape index (κ1) is 15.8. The predicted molar refractivity (Wildman–Crippen MR) is 98.2 cm³/mol. The highest BCUT2D eigenvalue weighted by molar-refractivity contribution is 5.77. The quantitative estimate of drug-likeness (QED) is 0.688.